The van der Waals surface area contributed by atoms with E-state index in [1.807, 2.05) is 6.07 Å². The van der Waals surface area contributed by atoms with E-state index in [2.05, 4.69) is 20.4 Å². The highest BCUT2D eigenvalue weighted by atomic mass is 19.4. The number of aliphatic hydroxyl groups is 1. The lowest BCUT2D eigenvalue weighted by molar-refractivity contribution is -0.139. The number of hydrogen-bond donors (Lipinski definition) is 3. The first kappa shape index (κ1) is 24.3. The van der Waals surface area contributed by atoms with Gasteiger partial charge in [0.15, 0.2) is 0 Å². The van der Waals surface area contributed by atoms with Crippen LogP contribution in [-0.2, 0) is 17.4 Å². The van der Waals surface area contributed by atoms with E-state index in [9.17, 15) is 18.0 Å². The third-order valence-electron chi connectivity index (χ3n) is 5.13. The van der Waals surface area contributed by atoms with E-state index in [1.54, 1.807) is 32.2 Å². The number of amides is 1. The highest BCUT2D eigenvalue weighted by molar-refractivity contribution is 5.98. The number of fused-ring (bicyclic) bond motifs is 1. The highest BCUT2D eigenvalue weighted by Crippen LogP contribution is 2.39. The molecule has 0 aliphatic carbocycles. The summed E-state index contributed by atoms with van der Waals surface area (Å²) in [5.41, 5.74) is 1.11. The molecule has 4 rings (SSSR count). The van der Waals surface area contributed by atoms with Gasteiger partial charge in [0, 0.05) is 34.8 Å². The van der Waals surface area contributed by atoms with Gasteiger partial charge in [-0.3, -0.25) is 4.79 Å². The maximum atomic E-state index is 13.6. The molecule has 8 nitrogen and oxygen atoms in total. The molecule has 2 aromatic heterocycles. The fraction of sp³-hybridized carbons (Fsp3) is 0.292. The van der Waals surface area contributed by atoms with Gasteiger partial charge in [-0.1, -0.05) is 17.3 Å². The lowest BCUT2D eigenvalue weighted by atomic mass is 10.0. The van der Waals surface area contributed by atoms with Gasteiger partial charge in [0.05, 0.1) is 24.7 Å². The fourth-order valence-electron chi connectivity index (χ4n) is 3.70. The van der Waals surface area contributed by atoms with Crippen LogP contribution < -0.4 is 10.1 Å². The number of carbonyl (C=O) groups excluding carboxylic acids is 1. The number of H-pyrrole nitrogens is 1. The van der Waals surface area contributed by atoms with Gasteiger partial charge in [-0.25, -0.2) is 0 Å². The molecular formula is C24H23F3N4O4. The van der Waals surface area contributed by atoms with Crippen molar-refractivity contribution in [2.45, 2.75) is 32.5 Å². The van der Waals surface area contributed by atoms with Crippen molar-refractivity contribution in [3.05, 3.63) is 53.7 Å². The molecule has 0 radical (unpaired) electrons. The van der Waals surface area contributed by atoms with Crippen LogP contribution in [0.25, 0.3) is 33.7 Å². The largest absolute Gasteiger partial charge is 0.490 e. The van der Waals surface area contributed by atoms with E-state index >= 15 is 0 Å². The number of alkyl halides is 3. The fourth-order valence-corrected chi connectivity index (χ4v) is 3.70. The van der Waals surface area contributed by atoms with Crippen LogP contribution in [0.4, 0.5) is 13.2 Å². The number of aromatic nitrogens is 3. The van der Waals surface area contributed by atoms with Crippen LogP contribution in [0.5, 0.6) is 5.75 Å². The molecule has 0 spiro atoms. The minimum absolute atomic E-state index is 0.0496. The number of benzene rings is 2. The Bertz CT molecular complexity index is 1340. The molecule has 11 heteroatoms. The van der Waals surface area contributed by atoms with Crippen LogP contribution in [0.2, 0.25) is 0 Å². The number of halogens is 3. The molecule has 35 heavy (non-hydrogen) atoms. The van der Waals surface area contributed by atoms with Crippen molar-refractivity contribution in [1.29, 1.82) is 0 Å². The monoisotopic (exact) mass is 488 g/mol. The Morgan fingerprint density at radius 3 is 2.77 bits per heavy atom. The van der Waals surface area contributed by atoms with E-state index in [0.29, 0.717) is 16.5 Å². The molecular weight excluding hydrogens is 465 g/mol. The third-order valence-corrected chi connectivity index (χ3v) is 5.13. The predicted octanol–water partition coefficient (Wildman–Crippen LogP) is 4.34. The number of rotatable bonds is 8. The minimum atomic E-state index is -4.63. The van der Waals surface area contributed by atoms with Crippen LogP contribution >= 0.6 is 0 Å². The van der Waals surface area contributed by atoms with Gasteiger partial charge in [0.2, 0.25) is 11.7 Å². The zero-order valence-corrected chi connectivity index (χ0v) is 18.9. The van der Waals surface area contributed by atoms with Gasteiger partial charge in [0.25, 0.3) is 5.89 Å². The van der Waals surface area contributed by atoms with Crippen molar-refractivity contribution in [2.75, 3.05) is 13.2 Å². The first-order valence-corrected chi connectivity index (χ1v) is 10.9. The average molecular weight is 488 g/mol. The molecule has 0 fully saturated rings. The summed E-state index contributed by atoms with van der Waals surface area (Å²) in [4.78, 5) is 19.6. The van der Waals surface area contributed by atoms with Crippen LogP contribution in [-0.4, -0.2) is 45.4 Å². The van der Waals surface area contributed by atoms with Crippen LogP contribution in [0, 0.1) is 0 Å². The zero-order valence-electron chi connectivity index (χ0n) is 18.9. The second-order valence-corrected chi connectivity index (χ2v) is 8.09. The number of carbonyl (C=O) groups is 1. The van der Waals surface area contributed by atoms with Gasteiger partial charge >= 0.3 is 6.18 Å². The first-order valence-electron chi connectivity index (χ1n) is 10.9. The Morgan fingerprint density at radius 1 is 1.26 bits per heavy atom. The average Bonchev–Trinajstić information content (AvgIpc) is 3.45. The van der Waals surface area contributed by atoms with Gasteiger partial charge in [-0.2, -0.15) is 18.2 Å². The van der Waals surface area contributed by atoms with Crippen molar-refractivity contribution in [3.63, 3.8) is 0 Å². The summed E-state index contributed by atoms with van der Waals surface area (Å²) in [5.74, 6) is -0.473. The van der Waals surface area contributed by atoms with Gasteiger partial charge in [-0.15, -0.1) is 0 Å². The van der Waals surface area contributed by atoms with Crippen LogP contribution in [0.3, 0.4) is 0 Å². The smallest absolute Gasteiger partial charge is 0.419 e. The Hall–Kier alpha value is -3.86. The van der Waals surface area contributed by atoms with Crippen molar-refractivity contribution < 1.29 is 32.3 Å². The van der Waals surface area contributed by atoms with Crippen molar-refractivity contribution in [3.8, 4) is 28.6 Å². The number of aliphatic hydroxyl groups excluding tert-OH is 1. The second kappa shape index (κ2) is 9.79. The molecule has 0 atom stereocenters. The Kier molecular flexibility index (Phi) is 6.79. The number of aromatic amines is 1. The van der Waals surface area contributed by atoms with Crippen molar-refractivity contribution >= 4 is 16.8 Å². The molecule has 0 aliphatic heterocycles. The summed E-state index contributed by atoms with van der Waals surface area (Å²) in [6, 6.07) is 8.90. The van der Waals surface area contributed by atoms with Gasteiger partial charge in [0.1, 0.15) is 5.75 Å². The lowest BCUT2D eigenvalue weighted by Gasteiger charge is -2.16. The molecule has 1 amide bonds. The predicted molar refractivity (Wildman–Crippen MR) is 122 cm³/mol. The molecule has 4 aromatic rings. The highest BCUT2D eigenvalue weighted by Gasteiger charge is 2.35. The molecule has 0 unspecified atom stereocenters. The molecule has 2 heterocycles. The number of hydrogen-bond acceptors (Lipinski definition) is 6. The summed E-state index contributed by atoms with van der Waals surface area (Å²) in [7, 11) is 0. The molecule has 2 aromatic carbocycles. The van der Waals surface area contributed by atoms with Crippen molar-refractivity contribution in [1.82, 2.24) is 20.4 Å². The standard InChI is InChI=1S/C24H23F3N4O4/c1-13(2)34-19-7-6-14(10-17(19)24(25,26)27)23-30-22(31-35-23)16-4-3-5-18-21(16)15(12-29-18)11-20(33)28-8-9-32/h3-7,10,12-13,29,32H,8-9,11H2,1-2H3,(H,28,33). The number of nitrogens with zero attached hydrogens (tertiary/aromatic N) is 2. The molecule has 184 valence electrons. The van der Waals surface area contributed by atoms with Gasteiger partial charge in [-0.05, 0) is 43.7 Å². The Labute approximate surface area is 198 Å². The Morgan fingerprint density at radius 2 is 2.06 bits per heavy atom. The van der Waals surface area contributed by atoms with E-state index < -0.39 is 17.8 Å². The lowest BCUT2D eigenvalue weighted by Crippen LogP contribution is -2.27. The maximum Gasteiger partial charge on any atom is 0.419 e. The van der Waals surface area contributed by atoms with Crippen LogP contribution in [0.1, 0.15) is 25.0 Å². The minimum Gasteiger partial charge on any atom is -0.490 e. The third kappa shape index (κ3) is 5.29. The topological polar surface area (TPSA) is 113 Å². The maximum absolute atomic E-state index is 13.6. The van der Waals surface area contributed by atoms with E-state index in [4.69, 9.17) is 14.4 Å². The summed E-state index contributed by atoms with van der Waals surface area (Å²) in [5, 5.41) is 16.2. The normalized spacial score (nSPS) is 11.9. The first-order chi connectivity index (χ1) is 16.7. The van der Waals surface area contributed by atoms with E-state index in [-0.39, 0.29) is 48.5 Å². The summed E-state index contributed by atoms with van der Waals surface area (Å²) >= 11 is 0. The zero-order chi connectivity index (χ0) is 25.2. The van der Waals surface area contributed by atoms with Crippen molar-refractivity contribution in [2.24, 2.45) is 0 Å². The molecule has 3 N–H and O–H groups in total. The summed E-state index contributed by atoms with van der Waals surface area (Å²) in [6.45, 7) is 3.26. The van der Waals surface area contributed by atoms with E-state index in [0.717, 1.165) is 11.6 Å². The van der Waals surface area contributed by atoms with E-state index in [1.165, 1.54) is 12.1 Å². The molecule has 0 saturated carbocycles. The van der Waals surface area contributed by atoms with Crippen LogP contribution in [0.15, 0.2) is 47.1 Å². The SMILES string of the molecule is CC(C)Oc1ccc(-c2nc(-c3cccc4[nH]cc(CC(=O)NCCO)c34)no2)cc1C(F)(F)F. The summed E-state index contributed by atoms with van der Waals surface area (Å²) in [6.07, 6.45) is -3.32. The quantitative estimate of drug-likeness (QED) is 0.340. The van der Waals surface area contributed by atoms with Gasteiger partial charge < -0.3 is 24.7 Å². The molecule has 0 aliphatic rings. The number of ether oxygens (including phenoxy) is 1. The number of nitrogens with one attached hydrogen (secondary N) is 2. The second-order valence-electron chi connectivity index (χ2n) is 8.09. The molecule has 0 saturated heterocycles. The molecule has 0 bridgehead atoms. The Balaban J connectivity index is 1.71. The summed E-state index contributed by atoms with van der Waals surface area (Å²) < 4.78 is 51.5.